The molecule has 4 rings (SSSR count). The SMILES string of the molecule is CN=C(NCCc1ccn(-c2ccc(F)cc2)n1)NC1CCN(c2ccccn2)CC1.I. The van der Waals surface area contributed by atoms with Crippen molar-refractivity contribution in [1.82, 2.24) is 25.4 Å². The van der Waals surface area contributed by atoms with E-state index < -0.39 is 0 Å². The minimum absolute atomic E-state index is 0. The summed E-state index contributed by atoms with van der Waals surface area (Å²) in [5.74, 6) is 1.61. The lowest BCUT2D eigenvalue weighted by atomic mass is 10.1. The highest BCUT2D eigenvalue weighted by molar-refractivity contribution is 14.0. The molecule has 3 aromatic rings. The molecule has 1 fully saturated rings. The number of halogens is 2. The average Bonchev–Trinajstić information content (AvgIpc) is 3.29. The molecule has 2 N–H and O–H groups in total. The van der Waals surface area contributed by atoms with Gasteiger partial charge in [0, 0.05) is 51.5 Å². The van der Waals surface area contributed by atoms with E-state index in [0.29, 0.717) is 6.04 Å². The van der Waals surface area contributed by atoms with E-state index in [-0.39, 0.29) is 29.8 Å². The summed E-state index contributed by atoms with van der Waals surface area (Å²) >= 11 is 0. The Kier molecular flexibility index (Phi) is 8.83. The van der Waals surface area contributed by atoms with Gasteiger partial charge in [0.15, 0.2) is 5.96 Å². The van der Waals surface area contributed by atoms with Crippen LogP contribution in [0.3, 0.4) is 0 Å². The van der Waals surface area contributed by atoms with Crippen molar-refractivity contribution in [2.24, 2.45) is 4.99 Å². The van der Waals surface area contributed by atoms with Crippen LogP contribution in [0.1, 0.15) is 18.5 Å². The number of aromatic nitrogens is 3. The highest BCUT2D eigenvalue weighted by Gasteiger charge is 2.20. The molecule has 3 heterocycles. The Morgan fingerprint density at radius 3 is 2.59 bits per heavy atom. The smallest absolute Gasteiger partial charge is 0.191 e. The van der Waals surface area contributed by atoms with E-state index in [0.717, 1.165) is 62.1 Å². The van der Waals surface area contributed by atoms with E-state index in [9.17, 15) is 4.39 Å². The zero-order valence-corrected chi connectivity index (χ0v) is 20.4. The number of benzene rings is 1. The molecule has 32 heavy (non-hydrogen) atoms. The summed E-state index contributed by atoms with van der Waals surface area (Å²) in [5.41, 5.74) is 1.81. The van der Waals surface area contributed by atoms with E-state index in [1.165, 1.54) is 12.1 Å². The second-order valence-electron chi connectivity index (χ2n) is 7.57. The molecular formula is C23H29FIN7. The van der Waals surface area contributed by atoms with Gasteiger partial charge in [-0.2, -0.15) is 5.10 Å². The van der Waals surface area contributed by atoms with Crippen molar-refractivity contribution in [3.05, 3.63) is 72.4 Å². The Hall–Kier alpha value is -2.69. The van der Waals surface area contributed by atoms with Gasteiger partial charge in [-0.15, -0.1) is 24.0 Å². The molecule has 0 amide bonds. The van der Waals surface area contributed by atoms with Gasteiger partial charge in [-0.05, 0) is 55.3 Å². The maximum absolute atomic E-state index is 13.1. The molecule has 1 aliphatic heterocycles. The number of guanidine groups is 1. The highest BCUT2D eigenvalue weighted by Crippen LogP contribution is 2.17. The van der Waals surface area contributed by atoms with E-state index >= 15 is 0 Å². The summed E-state index contributed by atoms with van der Waals surface area (Å²) < 4.78 is 14.8. The van der Waals surface area contributed by atoms with Crippen LogP contribution in [0.15, 0.2) is 65.9 Å². The van der Waals surface area contributed by atoms with Gasteiger partial charge in [-0.1, -0.05) is 6.07 Å². The van der Waals surface area contributed by atoms with Crippen molar-refractivity contribution >= 4 is 35.8 Å². The first-order valence-electron chi connectivity index (χ1n) is 10.6. The zero-order valence-electron chi connectivity index (χ0n) is 18.1. The topological polar surface area (TPSA) is 70.4 Å². The zero-order chi connectivity index (χ0) is 21.5. The van der Waals surface area contributed by atoms with Crippen LogP contribution in [-0.4, -0.2) is 53.4 Å². The number of aliphatic imine (C=N–C) groups is 1. The summed E-state index contributed by atoms with van der Waals surface area (Å²) in [4.78, 5) is 11.1. The molecule has 0 atom stereocenters. The Morgan fingerprint density at radius 2 is 1.91 bits per heavy atom. The number of hydrogen-bond acceptors (Lipinski definition) is 4. The maximum Gasteiger partial charge on any atom is 0.191 e. The predicted molar refractivity (Wildman–Crippen MR) is 137 cm³/mol. The van der Waals surface area contributed by atoms with Crippen molar-refractivity contribution in [1.29, 1.82) is 0 Å². The molecule has 170 valence electrons. The monoisotopic (exact) mass is 549 g/mol. The minimum Gasteiger partial charge on any atom is -0.356 e. The lowest BCUT2D eigenvalue weighted by Crippen LogP contribution is -2.49. The molecule has 0 bridgehead atoms. The molecule has 1 aliphatic rings. The Balaban J connectivity index is 0.00000289. The Bertz CT molecular complexity index is 983. The van der Waals surface area contributed by atoms with Gasteiger partial charge in [0.05, 0.1) is 11.4 Å². The van der Waals surface area contributed by atoms with Crippen molar-refractivity contribution in [3.8, 4) is 5.69 Å². The molecule has 0 radical (unpaired) electrons. The predicted octanol–water partition coefficient (Wildman–Crippen LogP) is 3.40. The van der Waals surface area contributed by atoms with Crippen LogP contribution in [-0.2, 0) is 6.42 Å². The number of anilines is 1. The van der Waals surface area contributed by atoms with Crippen LogP contribution in [0.2, 0.25) is 0 Å². The largest absolute Gasteiger partial charge is 0.356 e. The van der Waals surface area contributed by atoms with Crippen molar-refractivity contribution < 1.29 is 4.39 Å². The van der Waals surface area contributed by atoms with Gasteiger partial charge in [0.1, 0.15) is 11.6 Å². The summed E-state index contributed by atoms with van der Waals surface area (Å²) in [7, 11) is 1.79. The molecule has 0 unspecified atom stereocenters. The standard InChI is InChI=1S/C23H28FN7.HI/c1-25-23(28-19-10-15-30(16-11-19)22-4-2-3-13-26-22)27-14-9-20-12-17-31(29-20)21-7-5-18(24)6-8-21;/h2-8,12-13,17,19H,9-11,14-16H2,1H3,(H2,25,27,28);1H. The molecule has 1 saturated heterocycles. The molecule has 1 aromatic carbocycles. The maximum atomic E-state index is 13.1. The molecular weight excluding hydrogens is 520 g/mol. The van der Waals surface area contributed by atoms with Crippen LogP contribution in [0.4, 0.5) is 10.2 Å². The molecule has 0 saturated carbocycles. The lowest BCUT2D eigenvalue weighted by Gasteiger charge is -2.33. The third-order valence-corrected chi connectivity index (χ3v) is 5.44. The quantitative estimate of drug-likeness (QED) is 0.280. The van der Waals surface area contributed by atoms with Gasteiger partial charge >= 0.3 is 0 Å². The summed E-state index contributed by atoms with van der Waals surface area (Å²) in [6.45, 7) is 2.69. The second-order valence-corrected chi connectivity index (χ2v) is 7.57. The number of hydrogen-bond donors (Lipinski definition) is 2. The Labute approximate surface area is 205 Å². The molecule has 7 nitrogen and oxygen atoms in total. The Morgan fingerprint density at radius 1 is 1.12 bits per heavy atom. The highest BCUT2D eigenvalue weighted by atomic mass is 127. The van der Waals surface area contributed by atoms with Gasteiger partial charge < -0.3 is 15.5 Å². The average molecular weight is 549 g/mol. The van der Waals surface area contributed by atoms with E-state index in [1.807, 2.05) is 30.6 Å². The molecule has 2 aromatic heterocycles. The fraction of sp³-hybridized carbons (Fsp3) is 0.348. The summed E-state index contributed by atoms with van der Waals surface area (Å²) in [5, 5.41) is 11.5. The van der Waals surface area contributed by atoms with Gasteiger partial charge in [-0.25, -0.2) is 14.1 Å². The number of nitrogens with one attached hydrogen (secondary N) is 2. The van der Waals surface area contributed by atoms with E-state index in [1.54, 1.807) is 23.9 Å². The van der Waals surface area contributed by atoms with Crippen molar-refractivity contribution in [2.45, 2.75) is 25.3 Å². The minimum atomic E-state index is -0.249. The normalized spacial score (nSPS) is 14.7. The second kappa shape index (κ2) is 11.8. The first-order chi connectivity index (χ1) is 15.2. The fourth-order valence-electron chi connectivity index (χ4n) is 3.72. The first-order valence-corrected chi connectivity index (χ1v) is 10.6. The van der Waals surface area contributed by atoms with Crippen LogP contribution in [0.25, 0.3) is 5.69 Å². The number of pyridine rings is 1. The van der Waals surface area contributed by atoms with Crippen LogP contribution in [0, 0.1) is 5.82 Å². The lowest BCUT2D eigenvalue weighted by molar-refractivity contribution is 0.459. The van der Waals surface area contributed by atoms with Crippen LogP contribution >= 0.6 is 24.0 Å². The third kappa shape index (κ3) is 6.41. The van der Waals surface area contributed by atoms with Crippen molar-refractivity contribution in [2.75, 3.05) is 31.6 Å². The van der Waals surface area contributed by atoms with E-state index in [2.05, 4.69) is 36.7 Å². The molecule has 0 aliphatic carbocycles. The van der Waals surface area contributed by atoms with E-state index in [4.69, 9.17) is 0 Å². The van der Waals surface area contributed by atoms with Crippen LogP contribution in [0.5, 0.6) is 0 Å². The number of nitrogens with zero attached hydrogens (tertiary/aromatic N) is 5. The number of rotatable bonds is 6. The van der Waals surface area contributed by atoms with Gasteiger partial charge in [0.25, 0.3) is 0 Å². The first kappa shape index (κ1) is 24.0. The molecule has 0 spiro atoms. The fourth-order valence-corrected chi connectivity index (χ4v) is 3.72. The van der Waals surface area contributed by atoms with Crippen molar-refractivity contribution in [3.63, 3.8) is 0 Å². The summed E-state index contributed by atoms with van der Waals surface area (Å²) in [6.07, 6.45) is 6.59. The molecule has 9 heteroatoms. The number of piperidine rings is 1. The summed E-state index contributed by atoms with van der Waals surface area (Å²) in [6, 6.07) is 14.7. The van der Waals surface area contributed by atoms with Crippen LogP contribution < -0.4 is 15.5 Å². The van der Waals surface area contributed by atoms with Gasteiger partial charge in [-0.3, -0.25) is 4.99 Å². The third-order valence-electron chi connectivity index (χ3n) is 5.44. The van der Waals surface area contributed by atoms with Gasteiger partial charge in [0.2, 0.25) is 0 Å².